The second-order valence-corrected chi connectivity index (χ2v) is 7.46. The van der Waals surface area contributed by atoms with Crippen molar-refractivity contribution in [3.8, 4) is 11.1 Å². The maximum absolute atomic E-state index is 13.2. The first-order valence-electron chi connectivity index (χ1n) is 9.95. The third-order valence-electron chi connectivity index (χ3n) is 5.19. The number of nitrogens with zero attached hydrogens (tertiary/aromatic N) is 1. The summed E-state index contributed by atoms with van der Waals surface area (Å²) in [5.41, 5.74) is 2.12. The molecule has 2 N–H and O–H groups in total. The molecular formula is C22H25FN2O5. The minimum atomic E-state index is -0.955. The second-order valence-electron chi connectivity index (χ2n) is 7.46. The van der Waals surface area contributed by atoms with Gasteiger partial charge in [0, 0.05) is 18.0 Å². The summed E-state index contributed by atoms with van der Waals surface area (Å²) in [5, 5.41) is 11.3. The Labute approximate surface area is 174 Å². The van der Waals surface area contributed by atoms with E-state index in [9.17, 15) is 14.0 Å². The minimum Gasteiger partial charge on any atom is -0.480 e. The molecule has 0 aliphatic heterocycles. The van der Waals surface area contributed by atoms with Gasteiger partial charge < -0.3 is 14.6 Å². The molecule has 0 bridgehead atoms. The summed E-state index contributed by atoms with van der Waals surface area (Å²) in [5.74, 6) is -0.832. The van der Waals surface area contributed by atoms with Crippen LogP contribution in [0.5, 0.6) is 0 Å². The molecule has 160 valence electrons. The SMILES string of the molecule is O=C(O)COCC1CCC(COC(=O)Nc2ccc(-c3ccnc(F)c3)cc2)CC1. The van der Waals surface area contributed by atoms with E-state index in [2.05, 4.69) is 10.3 Å². The van der Waals surface area contributed by atoms with E-state index in [4.69, 9.17) is 14.6 Å². The van der Waals surface area contributed by atoms with Gasteiger partial charge in [0.05, 0.1) is 13.2 Å². The highest BCUT2D eigenvalue weighted by Crippen LogP contribution is 2.29. The summed E-state index contributed by atoms with van der Waals surface area (Å²) in [4.78, 5) is 26.1. The highest BCUT2D eigenvalue weighted by Gasteiger charge is 2.22. The zero-order chi connectivity index (χ0) is 21.3. The first kappa shape index (κ1) is 21.7. The van der Waals surface area contributed by atoms with Crippen LogP contribution in [0.3, 0.4) is 0 Å². The number of amides is 1. The molecule has 1 aliphatic carbocycles. The molecule has 1 fully saturated rings. The zero-order valence-electron chi connectivity index (χ0n) is 16.6. The average molecular weight is 416 g/mol. The van der Waals surface area contributed by atoms with Gasteiger partial charge in [0.2, 0.25) is 5.95 Å². The number of anilines is 1. The van der Waals surface area contributed by atoms with Crippen molar-refractivity contribution >= 4 is 17.7 Å². The molecule has 1 saturated carbocycles. The summed E-state index contributed by atoms with van der Waals surface area (Å²) < 4.78 is 23.7. The van der Waals surface area contributed by atoms with Gasteiger partial charge in [-0.3, -0.25) is 5.32 Å². The highest BCUT2D eigenvalue weighted by atomic mass is 19.1. The lowest BCUT2D eigenvalue weighted by molar-refractivity contribution is -0.142. The predicted molar refractivity (Wildman–Crippen MR) is 109 cm³/mol. The van der Waals surface area contributed by atoms with Crippen LogP contribution in [0.15, 0.2) is 42.6 Å². The number of carboxylic acids is 1. The summed E-state index contributed by atoms with van der Waals surface area (Å²) >= 11 is 0. The predicted octanol–water partition coefficient (Wildman–Crippen LogP) is 4.34. The van der Waals surface area contributed by atoms with Crippen LogP contribution in [0.25, 0.3) is 11.1 Å². The van der Waals surface area contributed by atoms with Gasteiger partial charge in [-0.05, 0) is 66.8 Å². The number of rotatable bonds is 8. The molecule has 2 aromatic rings. The lowest BCUT2D eigenvalue weighted by atomic mass is 9.83. The van der Waals surface area contributed by atoms with E-state index in [1.54, 1.807) is 30.3 Å². The second kappa shape index (κ2) is 10.7. The van der Waals surface area contributed by atoms with E-state index in [0.717, 1.165) is 31.2 Å². The quantitative estimate of drug-likeness (QED) is 0.621. The van der Waals surface area contributed by atoms with Crippen molar-refractivity contribution in [1.29, 1.82) is 0 Å². The van der Waals surface area contributed by atoms with Gasteiger partial charge in [0.25, 0.3) is 0 Å². The van der Waals surface area contributed by atoms with Gasteiger partial charge in [0.1, 0.15) is 6.61 Å². The van der Waals surface area contributed by atoms with Crippen LogP contribution in [0, 0.1) is 17.8 Å². The molecule has 0 saturated heterocycles. The summed E-state index contributed by atoms with van der Waals surface area (Å²) in [6, 6.07) is 10.1. The number of nitrogens with one attached hydrogen (secondary N) is 1. The van der Waals surface area contributed by atoms with Gasteiger partial charge in [-0.15, -0.1) is 0 Å². The number of aliphatic carboxylic acids is 1. The molecule has 0 radical (unpaired) electrons. The molecule has 8 heteroatoms. The van der Waals surface area contributed by atoms with Crippen molar-refractivity contribution < 1.29 is 28.6 Å². The molecule has 1 aromatic carbocycles. The van der Waals surface area contributed by atoms with Crippen LogP contribution >= 0.6 is 0 Å². The number of hydrogen-bond donors (Lipinski definition) is 2. The van der Waals surface area contributed by atoms with E-state index in [-0.39, 0.29) is 6.61 Å². The Morgan fingerprint density at radius 2 is 1.70 bits per heavy atom. The van der Waals surface area contributed by atoms with E-state index < -0.39 is 18.0 Å². The molecule has 0 atom stereocenters. The Kier molecular flexibility index (Phi) is 7.73. The lowest BCUT2D eigenvalue weighted by Crippen LogP contribution is -2.25. The highest BCUT2D eigenvalue weighted by molar-refractivity contribution is 5.85. The van der Waals surface area contributed by atoms with Crippen LogP contribution in [0.2, 0.25) is 0 Å². The molecule has 30 heavy (non-hydrogen) atoms. The number of carboxylic acid groups (broad SMARTS) is 1. The van der Waals surface area contributed by atoms with Gasteiger partial charge in [-0.1, -0.05) is 12.1 Å². The van der Waals surface area contributed by atoms with Crippen LogP contribution in [-0.4, -0.2) is 42.0 Å². The molecule has 0 spiro atoms. The van der Waals surface area contributed by atoms with Gasteiger partial charge in [-0.25, -0.2) is 14.6 Å². The molecule has 1 aliphatic rings. The fourth-order valence-electron chi connectivity index (χ4n) is 3.55. The number of carbonyl (C=O) groups is 2. The van der Waals surface area contributed by atoms with Crippen LogP contribution in [-0.2, 0) is 14.3 Å². The van der Waals surface area contributed by atoms with Crippen LogP contribution < -0.4 is 5.32 Å². The number of ether oxygens (including phenoxy) is 2. The fourth-order valence-corrected chi connectivity index (χ4v) is 3.55. The van der Waals surface area contributed by atoms with Crippen molar-refractivity contribution in [2.24, 2.45) is 11.8 Å². The number of aromatic nitrogens is 1. The van der Waals surface area contributed by atoms with Crippen molar-refractivity contribution in [3.63, 3.8) is 0 Å². The number of benzene rings is 1. The number of carbonyl (C=O) groups excluding carboxylic acids is 1. The standard InChI is InChI=1S/C22H25FN2O5/c23-20-11-18(9-10-24-20)17-5-7-19(8-6-17)25-22(28)30-13-16-3-1-15(2-4-16)12-29-14-21(26)27/h5-11,15-16H,1-4,12-14H2,(H,25,28)(H,26,27). The zero-order valence-corrected chi connectivity index (χ0v) is 16.6. The number of halogens is 1. The maximum Gasteiger partial charge on any atom is 0.411 e. The molecule has 0 unspecified atom stereocenters. The summed E-state index contributed by atoms with van der Waals surface area (Å²) in [7, 11) is 0. The van der Waals surface area contributed by atoms with Crippen molar-refractivity contribution in [2.75, 3.05) is 25.1 Å². The average Bonchev–Trinajstić information content (AvgIpc) is 2.73. The maximum atomic E-state index is 13.2. The normalized spacial score (nSPS) is 18.6. The Morgan fingerprint density at radius 1 is 1.03 bits per heavy atom. The van der Waals surface area contributed by atoms with Gasteiger partial charge in [-0.2, -0.15) is 4.39 Å². The molecule has 1 amide bonds. The molecule has 1 heterocycles. The van der Waals surface area contributed by atoms with Crippen LogP contribution in [0.1, 0.15) is 25.7 Å². The van der Waals surface area contributed by atoms with Crippen LogP contribution in [0.4, 0.5) is 14.9 Å². The third kappa shape index (κ3) is 6.81. The Hall–Kier alpha value is -3.00. The lowest BCUT2D eigenvalue weighted by Gasteiger charge is -2.27. The Morgan fingerprint density at radius 3 is 2.33 bits per heavy atom. The largest absolute Gasteiger partial charge is 0.480 e. The van der Waals surface area contributed by atoms with Crippen molar-refractivity contribution in [3.05, 3.63) is 48.5 Å². The topological polar surface area (TPSA) is 97.8 Å². The smallest absolute Gasteiger partial charge is 0.411 e. The minimum absolute atomic E-state index is 0.260. The van der Waals surface area contributed by atoms with E-state index in [1.807, 2.05) is 0 Å². The molecule has 1 aromatic heterocycles. The van der Waals surface area contributed by atoms with Crippen molar-refractivity contribution in [2.45, 2.75) is 25.7 Å². The molecular weight excluding hydrogens is 391 g/mol. The van der Waals surface area contributed by atoms with Gasteiger partial charge in [0.15, 0.2) is 0 Å². The fraction of sp³-hybridized carbons (Fsp3) is 0.409. The van der Waals surface area contributed by atoms with E-state index in [0.29, 0.717) is 36.3 Å². The summed E-state index contributed by atoms with van der Waals surface area (Å²) in [6.45, 7) is 0.551. The third-order valence-corrected chi connectivity index (χ3v) is 5.19. The van der Waals surface area contributed by atoms with E-state index >= 15 is 0 Å². The monoisotopic (exact) mass is 416 g/mol. The van der Waals surface area contributed by atoms with Gasteiger partial charge >= 0.3 is 12.1 Å². The number of hydrogen-bond acceptors (Lipinski definition) is 5. The van der Waals surface area contributed by atoms with E-state index in [1.165, 1.54) is 12.3 Å². The Bertz CT molecular complexity index is 851. The number of pyridine rings is 1. The summed E-state index contributed by atoms with van der Waals surface area (Å²) in [6.07, 6.45) is 4.62. The first-order valence-corrected chi connectivity index (χ1v) is 9.95. The first-order chi connectivity index (χ1) is 14.5. The molecule has 3 rings (SSSR count). The van der Waals surface area contributed by atoms with Crippen molar-refractivity contribution in [1.82, 2.24) is 4.98 Å². The molecule has 7 nitrogen and oxygen atoms in total. The Balaban J connectivity index is 1.37.